The van der Waals surface area contributed by atoms with E-state index in [1.54, 1.807) is 0 Å². The highest BCUT2D eigenvalue weighted by atomic mass is 16.1. The summed E-state index contributed by atoms with van der Waals surface area (Å²) >= 11 is 0. The van der Waals surface area contributed by atoms with E-state index < -0.39 is 0 Å². The van der Waals surface area contributed by atoms with Crippen molar-refractivity contribution >= 4 is 5.91 Å². The average Bonchev–Trinajstić information content (AvgIpc) is 2.27. The van der Waals surface area contributed by atoms with Crippen molar-refractivity contribution in [2.75, 3.05) is 6.54 Å². The molecular formula is C12H18N2O. The monoisotopic (exact) mass is 206 g/mol. The summed E-state index contributed by atoms with van der Waals surface area (Å²) in [6.07, 6.45) is 0.503. The number of hydrogen-bond donors (Lipinski definition) is 2. The van der Waals surface area contributed by atoms with Crippen LogP contribution in [0.15, 0.2) is 30.3 Å². The summed E-state index contributed by atoms with van der Waals surface area (Å²) in [6.45, 7) is 3.12. The zero-order valence-corrected chi connectivity index (χ0v) is 9.07. The molecule has 3 nitrogen and oxygen atoms in total. The van der Waals surface area contributed by atoms with E-state index in [-0.39, 0.29) is 11.8 Å². The van der Waals surface area contributed by atoms with Crippen molar-refractivity contribution in [3.63, 3.8) is 0 Å². The van der Waals surface area contributed by atoms with Crippen molar-refractivity contribution in [2.45, 2.75) is 19.9 Å². The highest BCUT2D eigenvalue weighted by Gasteiger charge is 2.06. The Hall–Kier alpha value is -1.35. The number of benzene rings is 1. The first-order valence-electron chi connectivity index (χ1n) is 5.23. The molecule has 0 saturated heterocycles. The minimum absolute atomic E-state index is 0.0665. The van der Waals surface area contributed by atoms with Gasteiger partial charge in [-0.05, 0) is 18.0 Å². The summed E-state index contributed by atoms with van der Waals surface area (Å²) in [6, 6.07) is 9.87. The lowest BCUT2D eigenvalue weighted by molar-refractivity contribution is -0.122. The first-order chi connectivity index (χ1) is 7.22. The molecule has 0 bridgehead atoms. The molecule has 82 valence electrons. The Balaban J connectivity index is 2.29. The molecule has 0 fully saturated rings. The summed E-state index contributed by atoms with van der Waals surface area (Å²) < 4.78 is 0. The average molecular weight is 206 g/mol. The third-order valence-electron chi connectivity index (χ3n) is 2.27. The molecule has 1 aromatic rings. The van der Waals surface area contributed by atoms with Crippen molar-refractivity contribution in [3.8, 4) is 0 Å². The van der Waals surface area contributed by atoms with Gasteiger partial charge in [0.1, 0.15) is 0 Å². The molecule has 3 N–H and O–H groups in total. The van der Waals surface area contributed by atoms with E-state index in [9.17, 15) is 4.79 Å². The first-order valence-corrected chi connectivity index (χ1v) is 5.23. The van der Waals surface area contributed by atoms with Crippen LogP contribution in [0.2, 0.25) is 0 Å². The Bertz CT molecular complexity index is 298. The lowest BCUT2D eigenvalue weighted by atomic mass is 10.1. The lowest BCUT2D eigenvalue weighted by Gasteiger charge is -2.08. The van der Waals surface area contributed by atoms with E-state index in [0.717, 1.165) is 5.56 Å². The number of hydrogen-bond acceptors (Lipinski definition) is 2. The second-order valence-corrected chi connectivity index (χ2v) is 3.81. The maximum Gasteiger partial charge on any atom is 0.220 e. The fraction of sp³-hybridized carbons (Fsp3) is 0.417. The van der Waals surface area contributed by atoms with Gasteiger partial charge in [0.25, 0.3) is 0 Å². The topological polar surface area (TPSA) is 55.1 Å². The van der Waals surface area contributed by atoms with Crippen molar-refractivity contribution in [1.29, 1.82) is 0 Å². The van der Waals surface area contributed by atoms with Gasteiger partial charge in [0.05, 0.1) is 0 Å². The quantitative estimate of drug-likeness (QED) is 0.762. The molecule has 0 spiro atoms. The van der Waals surface area contributed by atoms with E-state index in [4.69, 9.17) is 5.73 Å². The maximum atomic E-state index is 11.4. The van der Waals surface area contributed by atoms with Crippen LogP contribution in [0.5, 0.6) is 0 Å². The standard InChI is InChI=1S/C12H18N2O/c1-10(8-13)7-12(15)14-9-11-5-3-2-4-6-11/h2-6,10H,7-9,13H2,1H3,(H,14,15). The Labute approximate surface area is 90.7 Å². The van der Waals surface area contributed by atoms with Crippen LogP contribution in [-0.2, 0) is 11.3 Å². The van der Waals surface area contributed by atoms with Crippen molar-refractivity contribution in [1.82, 2.24) is 5.32 Å². The van der Waals surface area contributed by atoms with Crippen LogP contribution in [0.1, 0.15) is 18.9 Å². The van der Waals surface area contributed by atoms with Crippen molar-refractivity contribution in [2.24, 2.45) is 11.7 Å². The van der Waals surface area contributed by atoms with Gasteiger partial charge in [0, 0.05) is 13.0 Å². The third kappa shape index (κ3) is 4.61. The van der Waals surface area contributed by atoms with E-state index in [1.165, 1.54) is 0 Å². The lowest BCUT2D eigenvalue weighted by Crippen LogP contribution is -2.26. The number of nitrogens with one attached hydrogen (secondary N) is 1. The normalized spacial score (nSPS) is 12.1. The molecule has 0 aliphatic rings. The highest BCUT2D eigenvalue weighted by molar-refractivity contribution is 5.76. The van der Waals surface area contributed by atoms with Crippen LogP contribution in [0.25, 0.3) is 0 Å². The number of rotatable bonds is 5. The molecule has 0 radical (unpaired) electrons. The summed E-state index contributed by atoms with van der Waals surface area (Å²) in [5.41, 5.74) is 6.56. The summed E-state index contributed by atoms with van der Waals surface area (Å²) in [5, 5.41) is 2.87. The molecule has 3 heteroatoms. The van der Waals surface area contributed by atoms with Gasteiger partial charge >= 0.3 is 0 Å². The summed E-state index contributed by atoms with van der Waals surface area (Å²) in [5.74, 6) is 0.317. The van der Waals surface area contributed by atoms with Gasteiger partial charge in [-0.1, -0.05) is 37.3 Å². The molecule has 1 unspecified atom stereocenters. The van der Waals surface area contributed by atoms with Gasteiger partial charge in [-0.3, -0.25) is 4.79 Å². The highest BCUT2D eigenvalue weighted by Crippen LogP contribution is 2.00. The van der Waals surface area contributed by atoms with Crippen molar-refractivity contribution in [3.05, 3.63) is 35.9 Å². The number of carbonyl (C=O) groups is 1. The molecule has 15 heavy (non-hydrogen) atoms. The van der Waals surface area contributed by atoms with Crippen LogP contribution < -0.4 is 11.1 Å². The zero-order valence-electron chi connectivity index (χ0n) is 9.07. The number of nitrogens with two attached hydrogens (primary N) is 1. The van der Waals surface area contributed by atoms with E-state index >= 15 is 0 Å². The largest absolute Gasteiger partial charge is 0.352 e. The van der Waals surface area contributed by atoms with Gasteiger partial charge < -0.3 is 11.1 Å². The van der Waals surface area contributed by atoms with Crippen LogP contribution in [-0.4, -0.2) is 12.5 Å². The molecule has 0 saturated carbocycles. The minimum Gasteiger partial charge on any atom is -0.352 e. The SMILES string of the molecule is CC(CN)CC(=O)NCc1ccccc1. The van der Waals surface area contributed by atoms with Gasteiger partial charge in [-0.15, -0.1) is 0 Å². The zero-order chi connectivity index (χ0) is 11.1. The van der Waals surface area contributed by atoms with Crippen LogP contribution in [0, 0.1) is 5.92 Å². The Morgan fingerprint density at radius 3 is 2.67 bits per heavy atom. The van der Waals surface area contributed by atoms with E-state index in [2.05, 4.69) is 5.32 Å². The predicted octanol–water partition coefficient (Wildman–Crippen LogP) is 1.29. The van der Waals surface area contributed by atoms with Gasteiger partial charge in [-0.2, -0.15) is 0 Å². The second kappa shape index (κ2) is 6.19. The van der Waals surface area contributed by atoms with Crippen molar-refractivity contribution < 1.29 is 4.79 Å². The molecule has 1 amide bonds. The molecule has 0 aliphatic heterocycles. The van der Waals surface area contributed by atoms with Crippen LogP contribution in [0.3, 0.4) is 0 Å². The predicted molar refractivity (Wildman–Crippen MR) is 61.1 cm³/mol. The molecular weight excluding hydrogens is 188 g/mol. The Morgan fingerprint density at radius 2 is 2.07 bits per heavy atom. The van der Waals surface area contributed by atoms with Gasteiger partial charge in [0.2, 0.25) is 5.91 Å². The fourth-order valence-corrected chi connectivity index (χ4v) is 1.27. The van der Waals surface area contributed by atoms with Crippen LogP contribution >= 0.6 is 0 Å². The Morgan fingerprint density at radius 1 is 1.40 bits per heavy atom. The molecule has 0 aromatic heterocycles. The number of amides is 1. The molecule has 1 rings (SSSR count). The van der Waals surface area contributed by atoms with E-state index in [1.807, 2.05) is 37.3 Å². The maximum absolute atomic E-state index is 11.4. The second-order valence-electron chi connectivity index (χ2n) is 3.81. The molecule has 0 aliphatic carbocycles. The van der Waals surface area contributed by atoms with E-state index in [0.29, 0.717) is 19.5 Å². The molecule has 1 atom stereocenters. The minimum atomic E-state index is 0.0665. The Kier molecular flexibility index (Phi) is 4.84. The molecule has 1 aromatic carbocycles. The third-order valence-corrected chi connectivity index (χ3v) is 2.27. The van der Waals surface area contributed by atoms with Gasteiger partial charge in [0.15, 0.2) is 0 Å². The summed E-state index contributed by atoms with van der Waals surface area (Å²) in [4.78, 5) is 11.4. The number of carbonyl (C=O) groups excluding carboxylic acids is 1. The summed E-state index contributed by atoms with van der Waals surface area (Å²) in [7, 11) is 0. The van der Waals surface area contributed by atoms with Crippen LogP contribution in [0.4, 0.5) is 0 Å². The fourth-order valence-electron chi connectivity index (χ4n) is 1.27. The van der Waals surface area contributed by atoms with Gasteiger partial charge in [-0.25, -0.2) is 0 Å². The smallest absolute Gasteiger partial charge is 0.220 e. The first kappa shape index (κ1) is 11.7. The molecule has 0 heterocycles.